The van der Waals surface area contributed by atoms with E-state index in [1.54, 1.807) is 12.4 Å². The van der Waals surface area contributed by atoms with Gasteiger partial charge in [-0.2, -0.15) is 10.2 Å². The van der Waals surface area contributed by atoms with Crippen LogP contribution in [0.2, 0.25) is 0 Å². The molecule has 0 aliphatic heterocycles. The molecule has 0 fully saturated rings. The van der Waals surface area contributed by atoms with Gasteiger partial charge in [-0.25, -0.2) is 0 Å². The Morgan fingerprint density at radius 3 is 1.70 bits per heavy atom. The van der Waals surface area contributed by atoms with E-state index in [0.717, 1.165) is 15.6 Å². The van der Waals surface area contributed by atoms with E-state index in [-0.39, 0.29) is 0 Å². The van der Waals surface area contributed by atoms with Gasteiger partial charge in [0.05, 0.1) is 33.6 Å². The molecule has 0 saturated carbocycles. The molecule has 102 valence electrons. The van der Waals surface area contributed by atoms with Crippen molar-refractivity contribution >= 4 is 18.1 Å². The van der Waals surface area contributed by atoms with Crippen LogP contribution in [0, 0.1) is 0 Å². The maximum atomic E-state index is 4.07. The first-order valence-corrected chi connectivity index (χ1v) is 6.59. The van der Waals surface area contributed by atoms with Crippen molar-refractivity contribution in [3.63, 3.8) is 0 Å². The van der Waals surface area contributed by atoms with Crippen molar-refractivity contribution < 1.29 is 0 Å². The van der Waals surface area contributed by atoms with Gasteiger partial charge in [0.15, 0.2) is 0 Å². The predicted octanol–water partition coefficient (Wildman–Crippen LogP) is 3.34. The van der Waals surface area contributed by atoms with Crippen LogP contribution in [0.4, 0.5) is 5.69 Å². The van der Waals surface area contributed by atoms with Gasteiger partial charge in [-0.05, 0) is 35.4 Å². The highest BCUT2D eigenvalue weighted by Gasteiger charge is 2.10. The van der Waals surface area contributed by atoms with E-state index >= 15 is 0 Å². The van der Waals surface area contributed by atoms with Crippen LogP contribution in [0.15, 0.2) is 64.8 Å². The van der Waals surface area contributed by atoms with Crippen molar-refractivity contribution in [1.29, 1.82) is 0 Å². The van der Waals surface area contributed by atoms with Crippen molar-refractivity contribution in [2.75, 3.05) is 21.1 Å². The highest BCUT2D eigenvalue weighted by Crippen LogP contribution is 2.16. The van der Waals surface area contributed by atoms with Gasteiger partial charge in [0.2, 0.25) is 0 Å². The molecule has 0 bridgehead atoms. The van der Waals surface area contributed by atoms with Crippen LogP contribution in [0.3, 0.4) is 0 Å². The van der Waals surface area contributed by atoms with Gasteiger partial charge >= 0.3 is 0 Å². The summed E-state index contributed by atoms with van der Waals surface area (Å²) >= 11 is 0. The lowest BCUT2D eigenvalue weighted by molar-refractivity contribution is 0.486. The summed E-state index contributed by atoms with van der Waals surface area (Å²) in [6.45, 7) is 0. The Hall–Kier alpha value is -2.26. The minimum Gasteiger partial charge on any atom is -0.298 e. The second-order valence-electron chi connectivity index (χ2n) is 5.50. The standard InChI is InChI=1S/C17H20N3/c1-20(2,3)17-11-9-16(10-12-17)14-19-18-13-15-7-5-4-6-8-15/h4-14H,1-3H3/q+1/b18-13-,19-14-. The van der Waals surface area contributed by atoms with Crippen LogP contribution in [0.1, 0.15) is 11.1 Å². The molecule has 20 heavy (non-hydrogen) atoms. The Morgan fingerprint density at radius 2 is 1.20 bits per heavy atom. The van der Waals surface area contributed by atoms with E-state index in [0.29, 0.717) is 0 Å². The monoisotopic (exact) mass is 266 g/mol. The van der Waals surface area contributed by atoms with Crippen LogP contribution in [0.25, 0.3) is 0 Å². The predicted molar refractivity (Wildman–Crippen MR) is 87.6 cm³/mol. The topological polar surface area (TPSA) is 24.7 Å². The molecule has 0 N–H and O–H groups in total. The lowest BCUT2D eigenvalue weighted by atomic mass is 10.2. The highest BCUT2D eigenvalue weighted by molar-refractivity contribution is 5.82. The second-order valence-corrected chi connectivity index (χ2v) is 5.50. The molecule has 0 radical (unpaired) electrons. The van der Waals surface area contributed by atoms with Crippen molar-refractivity contribution in [2.24, 2.45) is 10.2 Å². The summed E-state index contributed by atoms with van der Waals surface area (Å²) in [5, 5.41) is 8.12. The lowest BCUT2D eigenvalue weighted by Crippen LogP contribution is -2.34. The molecule has 2 rings (SSSR count). The zero-order valence-corrected chi connectivity index (χ0v) is 12.2. The minimum absolute atomic E-state index is 0.809. The quantitative estimate of drug-likeness (QED) is 0.461. The molecule has 3 heteroatoms. The maximum Gasteiger partial charge on any atom is 0.132 e. The van der Waals surface area contributed by atoms with Crippen molar-refractivity contribution in [3.8, 4) is 0 Å². The SMILES string of the molecule is C[N+](C)(C)c1ccc(/C=N\N=C/c2ccccc2)cc1. The maximum absolute atomic E-state index is 4.07. The van der Waals surface area contributed by atoms with E-state index in [1.807, 2.05) is 30.3 Å². The summed E-state index contributed by atoms with van der Waals surface area (Å²) < 4.78 is 0.809. The number of hydrogen-bond acceptors (Lipinski definition) is 2. The summed E-state index contributed by atoms with van der Waals surface area (Å²) in [7, 11) is 6.44. The third kappa shape index (κ3) is 4.14. The smallest absolute Gasteiger partial charge is 0.132 e. The Bertz CT molecular complexity index is 590. The number of rotatable bonds is 4. The molecule has 0 heterocycles. The summed E-state index contributed by atoms with van der Waals surface area (Å²) in [4.78, 5) is 0. The zero-order chi connectivity index (χ0) is 14.4. The van der Waals surface area contributed by atoms with E-state index < -0.39 is 0 Å². The molecular formula is C17H20N3+. The summed E-state index contributed by atoms with van der Waals surface area (Å²) in [5.41, 5.74) is 3.35. The Morgan fingerprint density at radius 1 is 0.700 bits per heavy atom. The van der Waals surface area contributed by atoms with Gasteiger partial charge in [0.1, 0.15) is 5.69 Å². The molecule has 3 nitrogen and oxygen atoms in total. The van der Waals surface area contributed by atoms with Crippen LogP contribution >= 0.6 is 0 Å². The van der Waals surface area contributed by atoms with Gasteiger partial charge in [-0.1, -0.05) is 30.3 Å². The fraction of sp³-hybridized carbons (Fsp3) is 0.176. The van der Waals surface area contributed by atoms with Crippen LogP contribution in [-0.2, 0) is 0 Å². The normalized spacial score (nSPS) is 12.3. The Labute approximate surface area is 120 Å². The highest BCUT2D eigenvalue weighted by atomic mass is 15.3. The van der Waals surface area contributed by atoms with E-state index in [1.165, 1.54) is 5.69 Å². The fourth-order valence-electron chi connectivity index (χ4n) is 1.75. The molecule has 0 saturated heterocycles. The van der Waals surface area contributed by atoms with Crippen molar-refractivity contribution in [3.05, 3.63) is 65.7 Å². The molecule has 0 amide bonds. The first-order valence-electron chi connectivity index (χ1n) is 6.59. The molecule has 0 aromatic heterocycles. The molecular weight excluding hydrogens is 246 g/mol. The molecule has 0 unspecified atom stereocenters. The van der Waals surface area contributed by atoms with E-state index in [4.69, 9.17) is 0 Å². The molecule has 2 aromatic carbocycles. The fourth-order valence-corrected chi connectivity index (χ4v) is 1.75. The van der Waals surface area contributed by atoms with Gasteiger partial charge in [-0.3, -0.25) is 4.48 Å². The largest absolute Gasteiger partial charge is 0.298 e. The molecule has 0 aliphatic rings. The molecule has 0 aliphatic carbocycles. The number of hydrogen-bond donors (Lipinski definition) is 0. The summed E-state index contributed by atoms with van der Waals surface area (Å²) in [5.74, 6) is 0. The van der Waals surface area contributed by atoms with Crippen molar-refractivity contribution in [1.82, 2.24) is 4.48 Å². The lowest BCUT2D eigenvalue weighted by Gasteiger charge is -2.23. The van der Waals surface area contributed by atoms with Gasteiger partial charge in [-0.15, -0.1) is 0 Å². The second kappa shape index (κ2) is 6.26. The summed E-state index contributed by atoms with van der Waals surface area (Å²) in [6.07, 6.45) is 3.51. The first kappa shape index (κ1) is 14.2. The number of quaternary nitrogens is 1. The Kier molecular flexibility index (Phi) is 4.43. The van der Waals surface area contributed by atoms with Gasteiger partial charge in [0.25, 0.3) is 0 Å². The number of nitrogens with zero attached hydrogens (tertiary/aromatic N) is 3. The van der Waals surface area contributed by atoms with Crippen LogP contribution in [-0.4, -0.2) is 33.6 Å². The van der Waals surface area contributed by atoms with Crippen LogP contribution in [0.5, 0.6) is 0 Å². The third-order valence-corrected chi connectivity index (χ3v) is 2.95. The Balaban J connectivity index is 2.00. The summed E-state index contributed by atoms with van der Waals surface area (Å²) in [6, 6.07) is 18.3. The van der Waals surface area contributed by atoms with Gasteiger partial charge < -0.3 is 0 Å². The average molecular weight is 266 g/mol. The molecule has 0 atom stereocenters. The molecule has 2 aromatic rings. The molecule has 0 spiro atoms. The first-order chi connectivity index (χ1) is 9.55. The van der Waals surface area contributed by atoms with E-state index in [2.05, 4.69) is 55.6 Å². The average Bonchev–Trinajstić information content (AvgIpc) is 2.44. The van der Waals surface area contributed by atoms with Crippen LogP contribution < -0.4 is 4.48 Å². The van der Waals surface area contributed by atoms with Crippen molar-refractivity contribution in [2.45, 2.75) is 0 Å². The van der Waals surface area contributed by atoms with E-state index in [9.17, 15) is 0 Å². The van der Waals surface area contributed by atoms with Gasteiger partial charge in [0, 0.05) is 0 Å². The number of benzene rings is 2. The third-order valence-electron chi connectivity index (χ3n) is 2.95. The zero-order valence-electron chi connectivity index (χ0n) is 12.2. The minimum atomic E-state index is 0.809.